The van der Waals surface area contributed by atoms with Crippen molar-refractivity contribution >= 4 is 34.2 Å². The summed E-state index contributed by atoms with van der Waals surface area (Å²) in [5.74, 6) is 0.578. The number of fused-ring (bicyclic) bond motifs is 4. The number of aliphatic hydroxyl groups is 1. The number of nitrogens with zero attached hydrogens (tertiary/aromatic N) is 3. The highest BCUT2D eigenvalue weighted by Gasteiger charge is 2.48. The summed E-state index contributed by atoms with van der Waals surface area (Å²) in [7, 11) is -1.59. The average molecular weight is 689 g/mol. The van der Waals surface area contributed by atoms with Gasteiger partial charge in [0.05, 0.1) is 34.5 Å². The number of benzene rings is 2. The number of hydrogen-bond donors (Lipinski definition) is 2. The third-order valence-corrected chi connectivity index (χ3v) is 13.3. The maximum atomic E-state index is 13.5. The smallest absolute Gasteiger partial charge is 0.263 e. The Morgan fingerprint density at radius 3 is 2.77 bits per heavy atom. The van der Waals surface area contributed by atoms with Gasteiger partial charge >= 0.3 is 0 Å². The molecule has 48 heavy (non-hydrogen) atoms. The SMILES string of the molecule is Cc1nccnc1C[C@@]1(O)/C=C/CC(C)C(C)S(=O)NC(=O)c2ccc3c(c2)N(CC2CCC21)C[C@@]1(CCCc2cc(Cl)ccc21)CO3. The molecule has 1 saturated carbocycles. The number of anilines is 1. The van der Waals surface area contributed by atoms with Crippen LogP contribution in [-0.2, 0) is 29.2 Å². The lowest BCUT2D eigenvalue weighted by molar-refractivity contribution is -0.0454. The number of ether oxygens (including phenoxy) is 1. The van der Waals surface area contributed by atoms with Crippen molar-refractivity contribution in [1.82, 2.24) is 14.7 Å². The molecule has 7 rings (SSSR count). The van der Waals surface area contributed by atoms with Crippen molar-refractivity contribution in [2.45, 2.75) is 82.0 Å². The Kier molecular flexibility index (Phi) is 9.15. The molecule has 1 aromatic heterocycles. The van der Waals surface area contributed by atoms with Crippen LogP contribution in [0.3, 0.4) is 0 Å². The van der Waals surface area contributed by atoms with E-state index in [-0.39, 0.29) is 34.3 Å². The van der Waals surface area contributed by atoms with Crippen LogP contribution in [0.5, 0.6) is 5.75 Å². The van der Waals surface area contributed by atoms with E-state index >= 15 is 0 Å². The molecule has 8 nitrogen and oxygen atoms in total. The summed E-state index contributed by atoms with van der Waals surface area (Å²) < 4.78 is 22.8. The van der Waals surface area contributed by atoms with Crippen molar-refractivity contribution in [3.05, 3.63) is 94.0 Å². The highest BCUT2D eigenvalue weighted by atomic mass is 35.5. The second-order valence-electron chi connectivity index (χ2n) is 14.5. The third kappa shape index (κ3) is 6.29. The maximum Gasteiger partial charge on any atom is 0.263 e. The summed E-state index contributed by atoms with van der Waals surface area (Å²) in [4.78, 5) is 25.0. The van der Waals surface area contributed by atoms with Gasteiger partial charge in [0, 0.05) is 47.9 Å². The summed E-state index contributed by atoms with van der Waals surface area (Å²) in [5, 5.41) is 13.0. The molecule has 2 aromatic carbocycles. The minimum atomic E-state index is -1.59. The van der Waals surface area contributed by atoms with E-state index in [0.29, 0.717) is 38.1 Å². The molecule has 1 spiro atoms. The van der Waals surface area contributed by atoms with Gasteiger partial charge in [-0.15, -0.1) is 0 Å². The molecule has 3 aromatic rings. The molecular weight excluding hydrogens is 644 g/mol. The van der Waals surface area contributed by atoms with Gasteiger partial charge in [0.2, 0.25) is 0 Å². The van der Waals surface area contributed by atoms with Gasteiger partial charge in [-0.05, 0) is 112 Å². The third-order valence-electron chi connectivity index (χ3n) is 11.5. The van der Waals surface area contributed by atoms with Gasteiger partial charge in [-0.3, -0.25) is 19.5 Å². The number of hydrogen-bond acceptors (Lipinski definition) is 7. The number of aryl methyl sites for hydroxylation is 2. The van der Waals surface area contributed by atoms with Crippen LogP contribution in [0.2, 0.25) is 5.02 Å². The maximum absolute atomic E-state index is 13.5. The molecule has 5 unspecified atom stereocenters. The minimum Gasteiger partial charge on any atom is -0.490 e. The molecule has 7 atom stereocenters. The molecule has 3 heterocycles. The molecule has 0 radical (unpaired) electrons. The van der Waals surface area contributed by atoms with Crippen LogP contribution >= 0.6 is 11.6 Å². The lowest BCUT2D eigenvalue weighted by Gasteiger charge is -2.49. The number of carbonyl (C=O) groups is 1. The van der Waals surface area contributed by atoms with Crippen molar-refractivity contribution in [2.24, 2.45) is 17.8 Å². The van der Waals surface area contributed by atoms with Crippen LogP contribution in [0.25, 0.3) is 0 Å². The van der Waals surface area contributed by atoms with Crippen LogP contribution in [0, 0.1) is 24.7 Å². The molecule has 1 fully saturated rings. The van der Waals surface area contributed by atoms with E-state index in [1.165, 1.54) is 11.1 Å². The molecule has 2 aliphatic heterocycles. The van der Waals surface area contributed by atoms with E-state index in [0.717, 1.165) is 60.0 Å². The fourth-order valence-electron chi connectivity index (χ4n) is 8.31. The standard InChI is InChI=1S/C38H45ClN4O4S/c1-24-6-4-15-38(45,20-33-25(2)40-16-17-41-33)32-11-8-29(32)21-43-22-37(14-5-7-27-18-30(39)10-12-31(27)37)23-47-35-13-9-28(19-34(35)43)36(44)42-48(46)26(24)3/h4,9-10,12-13,15-19,24,26,29,32,45H,5-8,11,14,20-23H2,1-3H3,(H,42,44)/b15-4+/t24?,26?,29?,32?,37-,38-,48?/m0/s1. The summed E-state index contributed by atoms with van der Waals surface area (Å²) >= 11 is 6.46. The Labute approximate surface area is 290 Å². The Bertz CT molecular complexity index is 1770. The van der Waals surface area contributed by atoms with Crippen molar-refractivity contribution in [1.29, 1.82) is 0 Å². The molecule has 254 valence electrons. The summed E-state index contributed by atoms with van der Waals surface area (Å²) in [6.45, 7) is 7.80. The molecular formula is C38H45ClN4O4S. The number of allylic oxidation sites excluding steroid dienone is 1. The largest absolute Gasteiger partial charge is 0.490 e. The quantitative estimate of drug-likeness (QED) is 0.305. The Morgan fingerprint density at radius 1 is 1.15 bits per heavy atom. The van der Waals surface area contributed by atoms with E-state index in [4.69, 9.17) is 16.3 Å². The van der Waals surface area contributed by atoms with Crippen molar-refractivity contribution in [3.8, 4) is 5.75 Å². The van der Waals surface area contributed by atoms with E-state index in [9.17, 15) is 14.1 Å². The summed E-state index contributed by atoms with van der Waals surface area (Å²) in [5.41, 5.74) is 4.07. The van der Waals surface area contributed by atoms with Gasteiger partial charge in [-0.2, -0.15) is 0 Å². The first kappa shape index (κ1) is 33.2. The van der Waals surface area contributed by atoms with E-state index in [1.807, 2.05) is 51.1 Å². The topological polar surface area (TPSA) is 105 Å². The van der Waals surface area contributed by atoms with E-state index < -0.39 is 16.6 Å². The van der Waals surface area contributed by atoms with E-state index in [1.54, 1.807) is 18.5 Å². The summed E-state index contributed by atoms with van der Waals surface area (Å²) in [6.07, 6.45) is 13.2. The van der Waals surface area contributed by atoms with Crippen LogP contribution in [-0.4, -0.2) is 55.7 Å². The van der Waals surface area contributed by atoms with Crippen molar-refractivity contribution in [2.75, 3.05) is 24.6 Å². The summed E-state index contributed by atoms with van der Waals surface area (Å²) in [6, 6.07) is 11.8. The van der Waals surface area contributed by atoms with Gasteiger partial charge in [-0.25, -0.2) is 4.21 Å². The number of rotatable bonds is 2. The van der Waals surface area contributed by atoms with Gasteiger partial charge in [0.15, 0.2) is 0 Å². The number of amides is 1. The van der Waals surface area contributed by atoms with Crippen LogP contribution in [0.15, 0.2) is 60.9 Å². The number of carbonyl (C=O) groups excluding carboxylic acids is 1. The molecule has 0 saturated heterocycles. The molecule has 1 amide bonds. The molecule has 2 bridgehead atoms. The van der Waals surface area contributed by atoms with Crippen molar-refractivity contribution < 1.29 is 18.8 Å². The Balaban J connectivity index is 1.31. The zero-order chi connectivity index (χ0) is 33.6. The lowest BCUT2D eigenvalue weighted by atomic mass is 9.62. The monoisotopic (exact) mass is 688 g/mol. The number of halogens is 1. The zero-order valence-corrected chi connectivity index (χ0v) is 29.5. The van der Waals surface area contributed by atoms with Crippen LogP contribution in [0.4, 0.5) is 5.69 Å². The van der Waals surface area contributed by atoms with Gasteiger partial charge in [-0.1, -0.05) is 36.7 Å². The normalized spacial score (nSPS) is 32.6. The molecule has 4 aliphatic rings. The lowest BCUT2D eigenvalue weighted by Crippen LogP contribution is -2.53. The van der Waals surface area contributed by atoms with Crippen molar-refractivity contribution in [3.63, 3.8) is 0 Å². The van der Waals surface area contributed by atoms with E-state index in [2.05, 4.69) is 31.7 Å². The zero-order valence-electron chi connectivity index (χ0n) is 28.0. The van der Waals surface area contributed by atoms with Gasteiger partial charge in [0.25, 0.3) is 5.91 Å². The van der Waals surface area contributed by atoms with Crippen LogP contribution < -0.4 is 14.4 Å². The number of nitrogens with one attached hydrogen (secondary N) is 1. The predicted octanol–water partition coefficient (Wildman–Crippen LogP) is 6.29. The number of aromatic nitrogens is 2. The molecule has 2 aliphatic carbocycles. The second-order valence-corrected chi connectivity index (χ2v) is 16.5. The van der Waals surface area contributed by atoms with Gasteiger partial charge in [0.1, 0.15) is 16.7 Å². The average Bonchev–Trinajstić information content (AvgIpc) is 3.20. The second kappa shape index (κ2) is 13.2. The Hall–Kier alpha value is -3.27. The highest BCUT2D eigenvalue weighted by Crippen LogP contribution is 2.49. The highest BCUT2D eigenvalue weighted by molar-refractivity contribution is 7.84. The molecule has 10 heteroatoms. The minimum absolute atomic E-state index is 0.00238. The Morgan fingerprint density at radius 2 is 1.98 bits per heavy atom. The van der Waals surface area contributed by atoms with Gasteiger partial charge < -0.3 is 14.7 Å². The first-order chi connectivity index (χ1) is 23.0. The fourth-order valence-corrected chi connectivity index (χ4v) is 9.52. The first-order valence-electron chi connectivity index (χ1n) is 17.2. The fraction of sp³-hybridized carbons (Fsp3) is 0.500. The first-order valence-corrected chi connectivity index (χ1v) is 18.8. The predicted molar refractivity (Wildman–Crippen MR) is 190 cm³/mol. The molecule has 2 N–H and O–H groups in total. The van der Waals surface area contributed by atoms with Crippen LogP contribution in [0.1, 0.15) is 78.8 Å².